The SMILES string of the molecule is [C-]#[N+]CC(=O)CCCCCC. The first-order valence-electron chi connectivity index (χ1n) is 4.16. The molecule has 0 aromatic carbocycles. The first kappa shape index (κ1) is 10.2. The minimum absolute atomic E-state index is 0.0755. The zero-order chi connectivity index (χ0) is 8.53. The van der Waals surface area contributed by atoms with E-state index >= 15 is 0 Å². The fourth-order valence-corrected chi connectivity index (χ4v) is 0.916. The molecule has 0 heterocycles. The summed E-state index contributed by atoms with van der Waals surface area (Å²) in [5.74, 6) is 0.0936. The van der Waals surface area contributed by atoms with E-state index < -0.39 is 0 Å². The van der Waals surface area contributed by atoms with Crippen molar-refractivity contribution in [2.75, 3.05) is 6.54 Å². The maximum atomic E-state index is 10.8. The molecule has 0 unspecified atom stereocenters. The van der Waals surface area contributed by atoms with Crippen molar-refractivity contribution in [3.05, 3.63) is 11.4 Å². The second-order valence-corrected chi connectivity index (χ2v) is 2.67. The van der Waals surface area contributed by atoms with Gasteiger partial charge in [-0.3, -0.25) is 4.79 Å². The molecule has 62 valence electrons. The Morgan fingerprint density at radius 1 is 1.36 bits per heavy atom. The van der Waals surface area contributed by atoms with Gasteiger partial charge in [0.1, 0.15) is 0 Å². The van der Waals surface area contributed by atoms with Crippen LogP contribution in [0.2, 0.25) is 0 Å². The Labute approximate surface area is 68.4 Å². The lowest BCUT2D eigenvalue weighted by Gasteiger charge is -1.94. The summed E-state index contributed by atoms with van der Waals surface area (Å²) < 4.78 is 0. The maximum Gasteiger partial charge on any atom is 0.272 e. The number of ketones is 1. The van der Waals surface area contributed by atoms with E-state index in [2.05, 4.69) is 11.8 Å². The number of rotatable bonds is 6. The van der Waals surface area contributed by atoms with Gasteiger partial charge in [-0.1, -0.05) is 26.2 Å². The highest BCUT2D eigenvalue weighted by molar-refractivity contribution is 5.81. The highest BCUT2D eigenvalue weighted by atomic mass is 16.1. The number of carbonyl (C=O) groups is 1. The molecule has 0 radical (unpaired) electrons. The number of Topliss-reactive ketones (excluding diaryl/α,β-unsaturated/α-hetero) is 1. The summed E-state index contributed by atoms with van der Waals surface area (Å²) >= 11 is 0. The maximum absolute atomic E-state index is 10.8. The minimum Gasteiger partial charge on any atom is -0.309 e. The Bertz CT molecular complexity index is 146. The van der Waals surface area contributed by atoms with E-state index in [-0.39, 0.29) is 12.3 Å². The van der Waals surface area contributed by atoms with Crippen molar-refractivity contribution in [2.24, 2.45) is 0 Å². The molecule has 0 amide bonds. The molecule has 0 N–H and O–H groups in total. The molecular weight excluding hydrogens is 138 g/mol. The normalized spacial score (nSPS) is 9.09. The first-order chi connectivity index (χ1) is 5.31. The predicted molar refractivity (Wildman–Crippen MR) is 45.2 cm³/mol. The van der Waals surface area contributed by atoms with E-state index in [9.17, 15) is 4.79 Å². The third kappa shape index (κ3) is 7.05. The van der Waals surface area contributed by atoms with E-state index in [1.807, 2.05) is 0 Å². The van der Waals surface area contributed by atoms with Crippen LogP contribution in [0.1, 0.15) is 39.0 Å². The molecule has 0 aliphatic heterocycles. The molecule has 2 nitrogen and oxygen atoms in total. The number of carbonyl (C=O) groups excluding carboxylic acids is 1. The Morgan fingerprint density at radius 2 is 2.09 bits per heavy atom. The lowest BCUT2D eigenvalue weighted by atomic mass is 10.1. The summed E-state index contributed by atoms with van der Waals surface area (Å²) in [7, 11) is 0. The van der Waals surface area contributed by atoms with Gasteiger partial charge in [0, 0.05) is 6.42 Å². The van der Waals surface area contributed by atoms with Gasteiger partial charge in [-0.15, -0.1) is 0 Å². The number of hydrogen-bond donors (Lipinski definition) is 0. The van der Waals surface area contributed by atoms with Crippen LogP contribution in [0.4, 0.5) is 0 Å². The van der Waals surface area contributed by atoms with Crippen LogP contribution in [0, 0.1) is 6.57 Å². The number of hydrogen-bond acceptors (Lipinski definition) is 1. The molecule has 0 fully saturated rings. The van der Waals surface area contributed by atoms with Gasteiger partial charge in [0.15, 0.2) is 0 Å². The molecule has 0 bridgehead atoms. The van der Waals surface area contributed by atoms with Crippen LogP contribution in [0.15, 0.2) is 0 Å². The molecule has 0 aromatic rings. The van der Waals surface area contributed by atoms with Gasteiger partial charge >= 0.3 is 0 Å². The third-order valence-electron chi connectivity index (χ3n) is 1.56. The lowest BCUT2D eigenvalue weighted by molar-refractivity contribution is -0.117. The summed E-state index contributed by atoms with van der Waals surface area (Å²) in [6, 6.07) is 0. The summed E-state index contributed by atoms with van der Waals surface area (Å²) in [6.45, 7) is 8.67. The van der Waals surface area contributed by atoms with Gasteiger partial charge in [0.25, 0.3) is 6.54 Å². The van der Waals surface area contributed by atoms with Crippen molar-refractivity contribution >= 4 is 5.78 Å². The van der Waals surface area contributed by atoms with Crippen molar-refractivity contribution in [1.82, 2.24) is 0 Å². The van der Waals surface area contributed by atoms with E-state index in [0.29, 0.717) is 6.42 Å². The third-order valence-corrected chi connectivity index (χ3v) is 1.56. The standard InChI is InChI=1S/C9H15NO/c1-3-4-5-6-7-9(11)8-10-2/h3-8H2,1H3. The van der Waals surface area contributed by atoms with Crippen LogP contribution in [0.3, 0.4) is 0 Å². The Balaban J connectivity index is 3.12. The smallest absolute Gasteiger partial charge is 0.272 e. The largest absolute Gasteiger partial charge is 0.309 e. The van der Waals surface area contributed by atoms with Crippen LogP contribution in [-0.2, 0) is 4.79 Å². The average Bonchev–Trinajstić information content (AvgIpc) is 1.99. The topological polar surface area (TPSA) is 21.4 Å². The molecule has 0 saturated carbocycles. The second-order valence-electron chi connectivity index (χ2n) is 2.67. The van der Waals surface area contributed by atoms with Gasteiger partial charge in [-0.05, 0) is 6.42 Å². The molecule has 0 aliphatic rings. The summed E-state index contributed by atoms with van der Waals surface area (Å²) in [4.78, 5) is 13.8. The molecule has 0 saturated heterocycles. The Hall–Kier alpha value is -0.840. The van der Waals surface area contributed by atoms with Crippen LogP contribution in [-0.4, -0.2) is 12.3 Å². The molecular formula is C9H15NO. The van der Waals surface area contributed by atoms with Crippen LogP contribution in [0.5, 0.6) is 0 Å². The van der Waals surface area contributed by atoms with E-state index in [4.69, 9.17) is 6.57 Å². The molecule has 0 rings (SSSR count). The van der Waals surface area contributed by atoms with Crippen molar-refractivity contribution in [3.63, 3.8) is 0 Å². The van der Waals surface area contributed by atoms with Crippen LogP contribution >= 0.6 is 0 Å². The Kier molecular flexibility index (Phi) is 6.71. The van der Waals surface area contributed by atoms with Gasteiger partial charge in [0.2, 0.25) is 5.78 Å². The van der Waals surface area contributed by atoms with E-state index in [0.717, 1.165) is 12.8 Å². The molecule has 11 heavy (non-hydrogen) atoms. The zero-order valence-corrected chi connectivity index (χ0v) is 7.10. The van der Waals surface area contributed by atoms with Crippen LogP contribution in [0.25, 0.3) is 4.85 Å². The van der Waals surface area contributed by atoms with Gasteiger partial charge in [0.05, 0.1) is 0 Å². The van der Waals surface area contributed by atoms with Crippen molar-refractivity contribution in [3.8, 4) is 0 Å². The lowest BCUT2D eigenvalue weighted by Crippen LogP contribution is -1.99. The zero-order valence-electron chi connectivity index (χ0n) is 7.10. The Morgan fingerprint density at radius 3 is 2.64 bits per heavy atom. The van der Waals surface area contributed by atoms with E-state index in [1.54, 1.807) is 0 Å². The molecule has 0 atom stereocenters. The van der Waals surface area contributed by atoms with Crippen molar-refractivity contribution in [2.45, 2.75) is 39.0 Å². The highest BCUT2D eigenvalue weighted by Crippen LogP contribution is 2.02. The predicted octanol–water partition coefficient (Wildman–Crippen LogP) is 2.45. The summed E-state index contributed by atoms with van der Waals surface area (Å²) in [5.41, 5.74) is 0. The van der Waals surface area contributed by atoms with Gasteiger partial charge in [-0.25, -0.2) is 6.57 Å². The van der Waals surface area contributed by atoms with Crippen molar-refractivity contribution < 1.29 is 4.79 Å². The fourth-order valence-electron chi connectivity index (χ4n) is 0.916. The summed E-state index contributed by atoms with van der Waals surface area (Å²) in [5, 5.41) is 0. The molecule has 0 spiro atoms. The average molecular weight is 153 g/mol. The van der Waals surface area contributed by atoms with Gasteiger partial charge < -0.3 is 4.85 Å². The first-order valence-corrected chi connectivity index (χ1v) is 4.16. The second kappa shape index (κ2) is 7.27. The van der Waals surface area contributed by atoms with Gasteiger partial charge in [-0.2, -0.15) is 0 Å². The monoisotopic (exact) mass is 153 g/mol. The van der Waals surface area contributed by atoms with E-state index in [1.165, 1.54) is 12.8 Å². The minimum atomic E-state index is 0.0755. The molecule has 0 aromatic heterocycles. The number of nitrogens with zero attached hydrogens (tertiary/aromatic N) is 1. The molecule has 2 heteroatoms. The van der Waals surface area contributed by atoms with Crippen LogP contribution < -0.4 is 0 Å². The fraction of sp³-hybridized carbons (Fsp3) is 0.778. The quantitative estimate of drug-likeness (QED) is 0.424. The summed E-state index contributed by atoms with van der Waals surface area (Å²) in [6.07, 6.45) is 5.08. The highest BCUT2D eigenvalue weighted by Gasteiger charge is 2.02. The number of unbranched alkanes of at least 4 members (excludes halogenated alkanes) is 3. The molecule has 0 aliphatic carbocycles. The van der Waals surface area contributed by atoms with Crippen molar-refractivity contribution in [1.29, 1.82) is 0 Å².